The molecule has 2 fully saturated rings. The Balaban J connectivity index is 2.16. The predicted octanol–water partition coefficient (Wildman–Crippen LogP) is 2.85. The molecule has 4 nitrogen and oxygen atoms in total. The fourth-order valence-corrected chi connectivity index (χ4v) is 4.06. The summed E-state index contributed by atoms with van der Waals surface area (Å²) in [7, 11) is 0. The van der Waals surface area contributed by atoms with Crippen LogP contribution in [0, 0.1) is 0 Å². The standard InChI is InChI=1S/C16H32N2O2/c1-13(19)17(14(2)20)18(15-9-5-3-6-10-15)16-11-7-4-8-12-16/h13-16,19-20H,3-12H2,1-2H3. The monoisotopic (exact) mass is 284 g/mol. The van der Waals surface area contributed by atoms with Gasteiger partial charge in [0.05, 0.1) is 0 Å². The van der Waals surface area contributed by atoms with Gasteiger partial charge < -0.3 is 10.2 Å². The summed E-state index contributed by atoms with van der Waals surface area (Å²) in [5.41, 5.74) is 0. The van der Waals surface area contributed by atoms with Crippen LogP contribution in [0.1, 0.15) is 78.1 Å². The molecule has 2 aliphatic carbocycles. The lowest BCUT2D eigenvalue weighted by Gasteiger charge is -2.49. The number of rotatable bonds is 5. The van der Waals surface area contributed by atoms with Gasteiger partial charge in [-0.05, 0) is 39.5 Å². The van der Waals surface area contributed by atoms with Gasteiger partial charge in [-0.15, -0.1) is 0 Å². The van der Waals surface area contributed by atoms with Crippen molar-refractivity contribution in [2.45, 2.75) is 103 Å². The Morgan fingerprint density at radius 1 is 0.700 bits per heavy atom. The largest absolute Gasteiger partial charge is 0.377 e. The molecule has 2 N–H and O–H groups in total. The van der Waals surface area contributed by atoms with Crippen LogP contribution in [0.4, 0.5) is 0 Å². The Morgan fingerprint density at radius 2 is 1.05 bits per heavy atom. The molecule has 20 heavy (non-hydrogen) atoms. The maximum Gasteiger partial charge on any atom is 0.120 e. The molecule has 0 amide bonds. The minimum Gasteiger partial charge on any atom is -0.377 e. The van der Waals surface area contributed by atoms with E-state index in [1.807, 2.05) is 5.01 Å². The smallest absolute Gasteiger partial charge is 0.120 e. The highest BCUT2D eigenvalue weighted by Crippen LogP contribution is 2.32. The molecule has 0 aromatic rings. The average Bonchev–Trinajstić information content (AvgIpc) is 2.45. The lowest BCUT2D eigenvalue weighted by atomic mass is 9.90. The van der Waals surface area contributed by atoms with Crippen molar-refractivity contribution in [2.24, 2.45) is 0 Å². The van der Waals surface area contributed by atoms with Gasteiger partial charge in [0.25, 0.3) is 0 Å². The Morgan fingerprint density at radius 3 is 1.35 bits per heavy atom. The van der Waals surface area contributed by atoms with E-state index in [2.05, 4.69) is 5.01 Å². The van der Waals surface area contributed by atoms with E-state index in [0.29, 0.717) is 12.1 Å². The summed E-state index contributed by atoms with van der Waals surface area (Å²) in [5, 5.41) is 24.5. The number of nitrogens with zero attached hydrogens (tertiary/aromatic N) is 2. The lowest BCUT2D eigenvalue weighted by Crippen LogP contribution is -2.60. The molecule has 2 unspecified atom stereocenters. The van der Waals surface area contributed by atoms with Gasteiger partial charge in [-0.3, -0.25) is 0 Å². The third-order valence-electron chi connectivity index (χ3n) is 4.93. The summed E-state index contributed by atoms with van der Waals surface area (Å²) >= 11 is 0. The number of hydrogen-bond donors (Lipinski definition) is 2. The first-order chi connectivity index (χ1) is 9.61. The summed E-state index contributed by atoms with van der Waals surface area (Å²) in [6, 6.07) is 0.993. The fraction of sp³-hybridized carbons (Fsp3) is 1.00. The van der Waals surface area contributed by atoms with E-state index in [-0.39, 0.29) is 0 Å². The van der Waals surface area contributed by atoms with Crippen LogP contribution in [-0.2, 0) is 0 Å². The highest BCUT2D eigenvalue weighted by Gasteiger charge is 2.36. The summed E-state index contributed by atoms with van der Waals surface area (Å²) in [6.45, 7) is 3.54. The van der Waals surface area contributed by atoms with E-state index in [0.717, 1.165) is 0 Å². The van der Waals surface area contributed by atoms with Crippen molar-refractivity contribution in [3.8, 4) is 0 Å². The fourth-order valence-electron chi connectivity index (χ4n) is 4.06. The van der Waals surface area contributed by atoms with Gasteiger partial charge in [-0.2, -0.15) is 5.01 Å². The third-order valence-corrected chi connectivity index (χ3v) is 4.93. The number of aliphatic hydroxyl groups excluding tert-OH is 2. The van der Waals surface area contributed by atoms with Crippen LogP contribution in [0.3, 0.4) is 0 Å². The zero-order valence-corrected chi connectivity index (χ0v) is 13.2. The SMILES string of the molecule is CC(O)N(C(C)O)N(C1CCCCC1)C1CCCCC1. The van der Waals surface area contributed by atoms with E-state index in [1.165, 1.54) is 64.2 Å². The lowest BCUT2D eigenvalue weighted by molar-refractivity contribution is -0.243. The van der Waals surface area contributed by atoms with Crippen LogP contribution >= 0.6 is 0 Å². The minimum atomic E-state index is -0.626. The quantitative estimate of drug-likeness (QED) is 0.602. The number of hydrazine groups is 1. The second kappa shape index (κ2) is 7.74. The van der Waals surface area contributed by atoms with Crippen molar-refractivity contribution in [3.63, 3.8) is 0 Å². The molecule has 2 atom stereocenters. The summed E-state index contributed by atoms with van der Waals surface area (Å²) in [5.74, 6) is 0. The first-order valence-corrected chi connectivity index (χ1v) is 8.54. The van der Waals surface area contributed by atoms with Gasteiger partial charge in [-0.25, -0.2) is 5.01 Å². The molecular weight excluding hydrogens is 252 g/mol. The second-order valence-corrected chi connectivity index (χ2v) is 6.61. The van der Waals surface area contributed by atoms with Gasteiger partial charge in [-0.1, -0.05) is 38.5 Å². The summed E-state index contributed by atoms with van der Waals surface area (Å²) < 4.78 is 0. The van der Waals surface area contributed by atoms with E-state index in [9.17, 15) is 10.2 Å². The molecular formula is C16H32N2O2. The number of aliphatic hydroxyl groups is 2. The van der Waals surface area contributed by atoms with E-state index < -0.39 is 12.5 Å². The Kier molecular flexibility index (Phi) is 6.27. The first kappa shape index (κ1) is 16.2. The molecule has 0 aromatic carbocycles. The van der Waals surface area contributed by atoms with E-state index >= 15 is 0 Å². The topological polar surface area (TPSA) is 46.9 Å². The van der Waals surface area contributed by atoms with Gasteiger partial charge >= 0.3 is 0 Å². The Labute approximate surface area is 123 Å². The maximum absolute atomic E-state index is 10.1. The molecule has 0 aliphatic heterocycles. The van der Waals surface area contributed by atoms with Gasteiger partial charge in [0, 0.05) is 12.1 Å². The van der Waals surface area contributed by atoms with Gasteiger partial charge in [0.15, 0.2) is 0 Å². The molecule has 0 bridgehead atoms. The molecule has 2 aliphatic rings. The van der Waals surface area contributed by atoms with Crippen LogP contribution in [0.5, 0.6) is 0 Å². The maximum atomic E-state index is 10.1. The average molecular weight is 284 g/mol. The second-order valence-electron chi connectivity index (χ2n) is 6.61. The van der Waals surface area contributed by atoms with Crippen LogP contribution in [0.15, 0.2) is 0 Å². The van der Waals surface area contributed by atoms with Crippen LogP contribution in [-0.4, -0.2) is 44.8 Å². The van der Waals surface area contributed by atoms with Gasteiger partial charge in [0.2, 0.25) is 0 Å². The molecule has 4 heteroatoms. The number of hydrogen-bond acceptors (Lipinski definition) is 4. The third kappa shape index (κ3) is 3.94. The van der Waals surface area contributed by atoms with Crippen molar-refractivity contribution >= 4 is 0 Å². The minimum absolute atomic E-state index is 0.496. The van der Waals surface area contributed by atoms with Crippen molar-refractivity contribution in [1.29, 1.82) is 0 Å². The van der Waals surface area contributed by atoms with E-state index in [4.69, 9.17) is 0 Å². The molecule has 118 valence electrons. The normalized spacial score (nSPS) is 26.1. The first-order valence-electron chi connectivity index (χ1n) is 8.54. The molecule has 0 aromatic heterocycles. The molecule has 0 radical (unpaired) electrons. The molecule has 0 spiro atoms. The molecule has 0 heterocycles. The van der Waals surface area contributed by atoms with Crippen LogP contribution < -0.4 is 0 Å². The van der Waals surface area contributed by atoms with Crippen LogP contribution in [0.25, 0.3) is 0 Å². The summed E-state index contributed by atoms with van der Waals surface area (Å²) in [4.78, 5) is 0. The Bertz CT molecular complexity index is 246. The molecule has 2 rings (SSSR count). The van der Waals surface area contributed by atoms with Crippen LogP contribution in [0.2, 0.25) is 0 Å². The highest BCUT2D eigenvalue weighted by molar-refractivity contribution is 4.83. The zero-order chi connectivity index (χ0) is 14.5. The van der Waals surface area contributed by atoms with Crippen molar-refractivity contribution in [3.05, 3.63) is 0 Å². The predicted molar refractivity (Wildman–Crippen MR) is 80.8 cm³/mol. The molecule has 0 saturated heterocycles. The van der Waals surface area contributed by atoms with Crippen molar-refractivity contribution < 1.29 is 10.2 Å². The van der Waals surface area contributed by atoms with Gasteiger partial charge in [0.1, 0.15) is 12.5 Å². The van der Waals surface area contributed by atoms with Crippen molar-refractivity contribution in [1.82, 2.24) is 10.0 Å². The van der Waals surface area contributed by atoms with Crippen molar-refractivity contribution in [2.75, 3.05) is 0 Å². The molecule has 2 saturated carbocycles. The Hall–Kier alpha value is -0.160. The highest BCUT2D eigenvalue weighted by atomic mass is 16.3. The summed E-state index contributed by atoms with van der Waals surface area (Å²) in [6.07, 6.45) is 11.3. The zero-order valence-electron chi connectivity index (χ0n) is 13.2. The van der Waals surface area contributed by atoms with E-state index in [1.54, 1.807) is 13.8 Å².